The Hall–Kier alpha value is -4.37. The summed E-state index contributed by atoms with van der Waals surface area (Å²) in [5.74, 6) is 0. The lowest BCUT2D eigenvalue weighted by molar-refractivity contribution is 0.498. The van der Waals surface area contributed by atoms with Gasteiger partial charge in [0.15, 0.2) is 0 Å². The molecule has 0 saturated heterocycles. The summed E-state index contributed by atoms with van der Waals surface area (Å²) >= 11 is 0. The molecule has 0 N–H and O–H groups in total. The molecule has 8 rings (SSSR count). The van der Waals surface area contributed by atoms with Crippen LogP contribution in [0.25, 0.3) is 24.3 Å². The molecule has 1 aromatic carbocycles. The minimum Gasteiger partial charge on any atom is -0.264 e. The van der Waals surface area contributed by atoms with Gasteiger partial charge in [-0.15, -0.1) is 0 Å². The average Bonchev–Trinajstić information content (AvgIpc) is 3.88. The van der Waals surface area contributed by atoms with Gasteiger partial charge in [0.2, 0.25) is 0 Å². The van der Waals surface area contributed by atoms with Gasteiger partial charge in [-0.25, -0.2) is 0 Å². The van der Waals surface area contributed by atoms with E-state index in [-0.39, 0.29) is 5.41 Å². The molecule has 0 amide bonds. The largest absolute Gasteiger partial charge is 0.264 e. The highest BCUT2D eigenvalue weighted by Gasteiger charge is 2.25. The highest BCUT2D eigenvalue weighted by molar-refractivity contribution is 5.66. The number of rotatable bonds is 0. The Morgan fingerprint density at radius 2 is 0.827 bits per heavy atom. The molecule has 0 fully saturated rings. The molecule has 3 heterocycles. The van der Waals surface area contributed by atoms with Gasteiger partial charge in [0.1, 0.15) is 0 Å². The first-order valence-electron chi connectivity index (χ1n) is 19.0. The van der Waals surface area contributed by atoms with E-state index >= 15 is 0 Å². The molecule has 0 bridgehead atoms. The van der Waals surface area contributed by atoms with Crippen LogP contribution in [0.5, 0.6) is 0 Å². The van der Waals surface area contributed by atoms with Crippen LogP contribution in [0.15, 0.2) is 102 Å². The van der Waals surface area contributed by atoms with Gasteiger partial charge >= 0.3 is 0 Å². The lowest BCUT2D eigenvalue weighted by Crippen LogP contribution is -2.08. The maximum atomic E-state index is 4.35. The molecule has 0 aliphatic heterocycles. The number of pyridine rings is 3. The molecule has 0 spiro atoms. The van der Waals surface area contributed by atoms with Crippen molar-refractivity contribution in [3.63, 3.8) is 0 Å². The zero-order chi connectivity index (χ0) is 37.9. The molecule has 52 heavy (non-hydrogen) atoms. The Morgan fingerprint density at radius 1 is 0.385 bits per heavy atom. The van der Waals surface area contributed by atoms with Crippen molar-refractivity contribution in [2.75, 3.05) is 0 Å². The van der Waals surface area contributed by atoms with E-state index in [1.807, 2.05) is 37.1 Å². The fourth-order valence-corrected chi connectivity index (χ4v) is 6.70. The van der Waals surface area contributed by atoms with Crippen LogP contribution in [0.3, 0.4) is 0 Å². The van der Waals surface area contributed by atoms with E-state index in [0.29, 0.717) is 16.2 Å². The van der Waals surface area contributed by atoms with Crippen LogP contribution < -0.4 is 0 Å². The van der Waals surface area contributed by atoms with Crippen molar-refractivity contribution in [3.05, 3.63) is 146 Å². The highest BCUT2D eigenvalue weighted by atomic mass is 14.7. The summed E-state index contributed by atoms with van der Waals surface area (Å²) in [6.07, 6.45) is 23.1. The van der Waals surface area contributed by atoms with Crippen LogP contribution in [-0.4, -0.2) is 15.0 Å². The van der Waals surface area contributed by atoms with Crippen LogP contribution >= 0.6 is 0 Å². The third-order valence-electron chi connectivity index (χ3n) is 10.5. The van der Waals surface area contributed by atoms with E-state index in [1.54, 1.807) is 5.57 Å². The Balaban J connectivity index is 0.000000134. The second-order valence-electron chi connectivity index (χ2n) is 18.8. The lowest BCUT2D eigenvalue weighted by atomic mass is 9.85. The molecule has 3 aromatic heterocycles. The van der Waals surface area contributed by atoms with Crippen molar-refractivity contribution in [2.45, 2.75) is 109 Å². The summed E-state index contributed by atoms with van der Waals surface area (Å²) in [4.78, 5) is 12.6. The summed E-state index contributed by atoms with van der Waals surface area (Å²) in [5, 5.41) is 0. The van der Waals surface area contributed by atoms with Gasteiger partial charge in [0.05, 0.1) is 5.69 Å². The van der Waals surface area contributed by atoms with Crippen molar-refractivity contribution in [1.82, 2.24) is 15.0 Å². The van der Waals surface area contributed by atoms with Gasteiger partial charge in [0.25, 0.3) is 0 Å². The van der Waals surface area contributed by atoms with E-state index in [1.165, 1.54) is 55.7 Å². The molecular formula is C49H61N3. The molecule has 4 aliphatic rings. The van der Waals surface area contributed by atoms with Crippen LogP contribution in [-0.2, 0) is 25.7 Å². The van der Waals surface area contributed by atoms with Crippen molar-refractivity contribution in [1.29, 1.82) is 0 Å². The molecule has 3 heteroatoms. The fourth-order valence-electron chi connectivity index (χ4n) is 6.70. The molecule has 0 unspecified atom stereocenters. The standard InChI is InChI=1S/C13H16.3C12H15N/c1-13(2,3)12-8-10-6-4-5-7-11(10)9-12;2*1-12(2,3)11-6-9-4-5-13-8-10(9)7-11;1-12(2,3)10-7-9-5-4-6-13-11(9)8-10/h4-8H,9H2,1-3H3;4-5,7-8H,6H2,1-3H3;2*4-6,8H,7H2,1-3H3. The zero-order valence-corrected chi connectivity index (χ0v) is 34.0. The van der Waals surface area contributed by atoms with Gasteiger partial charge in [-0.2, -0.15) is 0 Å². The Kier molecular flexibility index (Phi) is 11.4. The van der Waals surface area contributed by atoms with Gasteiger partial charge in [-0.05, 0) is 111 Å². The first-order valence-corrected chi connectivity index (χ1v) is 19.0. The third-order valence-corrected chi connectivity index (χ3v) is 10.5. The second kappa shape index (κ2) is 15.3. The van der Waals surface area contributed by atoms with Gasteiger partial charge in [-0.1, -0.05) is 154 Å². The monoisotopic (exact) mass is 691 g/mol. The van der Waals surface area contributed by atoms with Crippen molar-refractivity contribution >= 4 is 24.3 Å². The quantitative estimate of drug-likeness (QED) is 0.184. The molecule has 0 radical (unpaired) electrons. The topological polar surface area (TPSA) is 38.7 Å². The predicted octanol–water partition coefficient (Wildman–Crippen LogP) is 12.9. The third kappa shape index (κ3) is 9.94. The van der Waals surface area contributed by atoms with E-state index in [9.17, 15) is 0 Å². The van der Waals surface area contributed by atoms with Crippen LogP contribution in [0, 0.1) is 21.7 Å². The van der Waals surface area contributed by atoms with Gasteiger partial charge < -0.3 is 0 Å². The second-order valence-corrected chi connectivity index (χ2v) is 18.8. The summed E-state index contributed by atoms with van der Waals surface area (Å²) in [7, 11) is 0. The smallest absolute Gasteiger partial charge is 0.0664 e. The summed E-state index contributed by atoms with van der Waals surface area (Å²) in [6, 6.07) is 17.0. The maximum Gasteiger partial charge on any atom is 0.0664 e. The first kappa shape index (κ1) is 38.9. The van der Waals surface area contributed by atoms with Crippen LogP contribution in [0.2, 0.25) is 0 Å². The molecule has 4 aromatic rings. The number of hydrogen-bond acceptors (Lipinski definition) is 3. The number of allylic oxidation sites excluding steroid dienone is 4. The maximum absolute atomic E-state index is 4.35. The SMILES string of the molecule is CC(C)(C)C1=Cc2ccccc2C1.CC(C)(C)C1=Cc2ccncc2C1.CC(C)(C)C1=Cc2cnccc2C1.CC(C)(C)C1=Cc2ncccc2C1. The molecule has 3 nitrogen and oxygen atoms in total. The minimum atomic E-state index is 0.278. The van der Waals surface area contributed by atoms with Crippen molar-refractivity contribution in [3.8, 4) is 0 Å². The first-order chi connectivity index (χ1) is 24.3. The number of aromatic nitrogens is 3. The summed E-state index contributed by atoms with van der Waals surface area (Å²) < 4.78 is 0. The molecular weight excluding hydrogens is 631 g/mol. The average molecular weight is 692 g/mol. The van der Waals surface area contributed by atoms with Crippen molar-refractivity contribution in [2.24, 2.45) is 21.7 Å². The highest BCUT2D eigenvalue weighted by Crippen LogP contribution is 2.38. The molecule has 0 atom stereocenters. The Morgan fingerprint density at radius 3 is 1.37 bits per heavy atom. The molecule has 0 saturated carbocycles. The van der Waals surface area contributed by atoms with Crippen LogP contribution in [0.1, 0.15) is 128 Å². The van der Waals surface area contributed by atoms with E-state index in [0.717, 1.165) is 31.4 Å². The summed E-state index contributed by atoms with van der Waals surface area (Å²) in [5.41, 5.74) is 18.1. The Labute approximate surface area is 315 Å². The number of fused-ring (bicyclic) bond motifs is 4. The zero-order valence-electron chi connectivity index (χ0n) is 34.0. The minimum absolute atomic E-state index is 0.278. The van der Waals surface area contributed by atoms with E-state index < -0.39 is 0 Å². The number of hydrogen-bond donors (Lipinski definition) is 0. The molecule has 272 valence electrons. The van der Waals surface area contributed by atoms with Gasteiger partial charge in [-0.3, -0.25) is 15.0 Å². The van der Waals surface area contributed by atoms with E-state index in [4.69, 9.17) is 0 Å². The van der Waals surface area contributed by atoms with Gasteiger partial charge in [0, 0.05) is 31.0 Å². The summed E-state index contributed by atoms with van der Waals surface area (Å²) in [6.45, 7) is 27.2. The lowest BCUT2D eigenvalue weighted by Gasteiger charge is -2.19. The molecule has 4 aliphatic carbocycles. The number of nitrogens with zero attached hydrogens (tertiary/aromatic N) is 3. The normalized spacial score (nSPS) is 15.5. The number of benzene rings is 1. The Bertz CT molecular complexity index is 1710. The van der Waals surface area contributed by atoms with Crippen molar-refractivity contribution < 1.29 is 0 Å². The van der Waals surface area contributed by atoms with E-state index in [2.05, 4.69) is 165 Å². The predicted molar refractivity (Wildman–Crippen MR) is 224 cm³/mol. The fraction of sp³-hybridized carbons (Fsp3) is 0.408. The van der Waals surface area contributed by atoms with Crippen LogP contribution in [0.4, 0.5) is 0 Å².